The van der Waals surface area contributed by atoms with Crippen molar-refractivity contribution in [2.75, 3.05) is 39.9 Å². The molecule has 0 aliphatic carbocycles. The second-order valence-electron chi connectivity index (χ2n) is 3.61. The van der Waals surface area contributed by atoms with Crippen LogP contribution >= 0.6 is 0 Å². The van der Waals surface area contributed by atoms with Crippen molar-refractivity contribution in [3.63, 3.8) is 0 Å². The molecular formula is C12H19NO5. The summed E-state index contributed by atoms with van der Waals surface area (Å²) in [4.78, 5) is 0. The number of hydrogen-bond acceptors (Lipinski definition) is 6. The molecule has 18 heavy (non-hydrogen) atoms. The third kappa shape index (κ3) is 3.18. The molecule has 6 heteroatoms. The zero-order valence-corrected chi connectivity index (χ0v) is 10.8. The quantitative estimate of drug-likeness (QED) is 0.659. The molecular weight excluding hydrogens is 238 g/mol. The molecule has 0 unspecified atom stereocenters. The Bertz CT molecular complexity index is 354. The zero-order valence-electron chi connectivity index (χ0n) is 10.8. The molecule has 1 aromatic carbocycles. The number of methoxy groups -OCH3 is 3. The van der Waals surface area contributed by atoms with Crippen LogP contribution in [-0.4, -0.2) is 50.8 Å². The minimum Gasteiger partial charge on any atom is -0.496 e. The van der Waals surface area contributed by atoms with Crippen molar-refractivity contribution < 1.29 is 24.4 Å². The molecule has 0 aliphatic heterocycles. The van der Waals surface area contributed by atoms with Crippen molar-refractivity contribution in [1.82, 2.24) is 0 Å². The SMILES string of the molecule is COc1cc(OC)c(NC(CO)CO)c(OC)c1. The number of aliphatic hydroxyl groups excluding tert-OH is 2. The van der Waals surface area contributed by atoms with E-state index in [1.54, 1.807) is 19.2 Å². The predicted octanol–water partition coefficient (Wildman–Crippen LogP) is 0.477. The standard InChI is InChI=1S/C12H19NO5/c1-16-9-4-10(17-2)12(11(5-9)18-3)13-8(6-14)7-15/h4-5,8,13-15H,6-7H2,1-3H3. The van der Waals surface area contributed by atoms with Gasteiger partial charge in [0.2, 0.25) is 0 Å². The summed E-state index contributed by atoms with van der Waals surface area (Å²) in [7, 11) is 4.59. The van der Waals surface area contributed by atoms with E-state index in [0.717, 1.165) is 0 Å². The molecule has 0 spiro atoms. The van der Waals surface area contributed by atoms with Gasteiger partial charge in [-0.25, -0.2) is 0 Å². The van der Waals surface area contributed by atoms with E-state index in [4.69, 9.17) is 24.4 Å². The Hall–Kier alpha value is -1.66. The summed E-state index contributed by atoms with van der Waals surface area (Å²) in [5.41, 5.74) is 0.564. The number of aliphatic hydroxyl groups is 2. The van der Waals surface area contributed by atoms with E-state index in [-0.39, 0.29) is 13.2 Å². The fraction of sp³-hybridized carbons (Fsp3) is 0.500. The summed E-state index contributed by atoms with van der Waals surface area (Å²) in [6.45, 7) is -0.399. The normalized spacial score (nSPS) is 10.3. The van der Waals surface area contributed by atoms with Gasteiger partial charge in [0.25, 0.3) is 0 Å². The van der Waals surface area contributed by atoms with E-state index in [1.807, 2.05) is 0 Å². The van der Waals surface area contributed by atoms with Gasteiger partial charge >= 0.3 is 0 Å². The Kier molecular flexibility index (Phi) is 5.54. The topological polar surface area (TPSA) is 80.2 Å². The highest BCUT2D eigenvalue weighted by molar-refractivity contribution is 5.69. The predicted molar refractivity (Wildman–Crippen MR) is 67.7 cm³/mol. The molecule has 0 heterocycles. The van der Waals surface area contributed by atoms with E-state index >= 15 is 0 Å². The lowest BCUT2D eigenvalue weighted by molar-refractivity contribution is 0.203. The minimum absolute atomic E-state index is 0.200. The third-order valence-electron chi connectivity index (χ3n) is 2.50. The van der Waals surface area contributed by atoms with Crippen molar-refractivity contribution in [2.24, 2.45) is 0 Å². The van der Waals surface area contributed by atoms with Crippen LogP contribution in [0.3, 0.4) is 0 Å². The molecule has 3 N–H and O–H groups in total. The number of hydrogen-bond donors (Lipinski definition) is 3. The van der Waals surface area contributed by atoms with Crippen molar-refractivity contribution in [3.05, 3.63) is 12.1 Å². The Balaban J connectivity index is 3.13. The van der Waals surface area contributed by atoms with Crippen LogP contribution in [0.15, 0.2) is 12.1 Å². The van der Waals surface area contributed by atoms with Crippen molar-refractivity contribution >= 4 is 5.69 Å². The fourth-order valence-electron chi connectivity index (χ4n) is 1.50. The molecule has 1 rings (SSSR count). The minimum atomic E-state index is -0.485. The Labute approximate surface area is 106 Å². The molecule has 0 amide bonds. The lowest BCUT2D eigenvalue weighted by atomic mass is 10.2. The van der Waals surface area contributed by atoms with Crippen LogP contribution in [0.2, 0.25) is 0 Å². The molecule has 102 valence electrons. The third-order valence-corrected chi connectivity index (χ3v) is 2.50. The highest BCUT2D eigenvalue weighted by atomic mass is 16.5. The van der Waals surface area contributed by atoms with Crippen LogP contribution in [0, 0.1) is 0 Å². The summed E-state index contributed by atoms with van der Waals surface area (Å²) in [6, 6.07) is 2.90. The van der Waals surface area contributed by atoms with E-state index in [9.17, 15) is 0 Å². The molecule has 0 saturated heterocycles. The summed E-state index contributed by atoms with van der Waals surface area (Å²) in [6.07, 6.45) is 0. The Morgan fingerprint density at radius 1 is 1.00 bits per heavy atom. The van der Waals surface area contributed by atoms with Gasteiger partial charge < -0.3 is 29.7 Å². The first kappa shape index (κ1) is 14.4. The van der Waals surface area contributed by atoms with Gasteiger partial charge in [0, 0.05) is 12.1 Å². The highest BCUT2D eigenvalue weighted by Gasteiger charge is 2.16. The smallest absolute Gasteiger partial charge is 0.149 e. The van der Waals surface area contributed by atoms with Gasteiger partial charge in [0.05, 0.1) is 40.6 Å². The van der Waals surface area contributed by atoms with Crippen molar-refractivity contribution in [1.29, 1.82) is 0 Å². The van der Waals surface area contributed by atoms with E-state index < -0.39 is 6.04 Å². The maximum atomic E-state index is 9.09. The summed E-state index contributed by atoms with van der Waals surface area (Å²) >= 11 is 0. The summed E-state index contributed by atoms with van der Waals surface area (Å²) < 4.78 is 15.6. The van der Waals surface area contributed by atoms with Crippen LogP contribution < -0.4 is 19.5 Å². The maximum Gasteiger partial charge on any atom is 0.149 e. The number of nitrogens with one attached hydrogen (secondary N) is 1. The maximum absolute atomic E-state index is 9.09. The molecule has 0 radical (unpaired) electrons. The molecule has 0 aromatic heterocycles. The van der Waals surface area contributed by atoms with Crippen molar-refractivity contribution in [2.45, 2.75) is 6.04 Å². The van der Waals surface area contributed by atoms with Gasteiger partial charge in [-0.1, -0.05) is 0 Å². The average molecular weight is 257 g/mol. The Morgan fingerprint density at radius 2 is 1.50 bits per heavy atom. The van der Waals surface area contributed by atoms with Gasteiger partial charge in [-0.15, -0.1) is 0 Å². The number of benzene rings is 1. The second-order valence-corrected chi connectivity index (χ2v) is 3.61. The average Bonchev–Trinajstić information content (AvgIpc) is 2.43. The monoisotopic (exact) mass is 257 g/mol. The van der Waals surface area contributed by atoms with Gasteiger partial charge in [-0.05, 0) is 0 Å². The summed E-state index contributed by atoms with van der Waals surface area (Å²) in [5, 5.41) is 21.1. The summed E-state index contributed by atoms with van der Waals surface area (Å²) in [5.74, 6) is 1.62. The van der Waals surface area contributed by atoms with Crippen LogP contribution in [0.4, 0.5) is 5.69 Å². The van der Waals surface area contributed by atoms with Gasteiger partial charge in [-0.3, -0.25) is 0 Å². The zero-order chi connectivity index (χ0) is 13.5. The van der Waals surface area contributed by atoms with Gasteiger partial charge in [-0.2, -0.15) is 0 Å². The van der Waals surface area contributed by atoms with E-state index in [2.05, 4.69) is 5.32 Å². The molecule has 0 saturated carbocycles. The lowest BCUT2D eigenvalue weighted by Crippen LogP contribution is -2.28. The lowest BCUT2D eigenvalue weighted by Gasteiger charge is -2.20. The first-order valence-corrected chi connectivity index (χ1v) is 5.48. The fourth-order valence-corrected chi connectivity index (χ4v) is 1.50. The van der Waals surface area contributed by atoms with Crippen LogP contribution in [0.5, 0.6) is 17.2 Å². The number of ether oxygens (including phenoxy) is 3. The van der Waals surface area contributed by atoms with Crippen LogP contribution in [-0.2, 0) is 0 Å². The number of rotatable bonds is 7. The van der Waals surface area contributed by atoms with Gasteiger partial charge in [0.15, 0.2) is 0 Å². The largest absolute Gasteiger partial charge is 0.496 e. The molecule has 0 bridgehead atoms. The van der Waals surface area contributed by atoms with E-state index in [1.165, 1.54) is 14.2 Å². The molecule has 1 aromatic rings. The molecule has 0 fully saturated rings. The van der Waals surface area contributed by atoms with Crippen molar-refractivity contribution in [3.8, 4) is 17.2 Å². The second kappa shape index (κ2) is 6.93. The molecule has 0 atom stereocenters. The van der Waals surface area contributed by atoms with Crippen LogP contribution in [0.25, 0.3) is 0 Å². The Morgan fingerprint density at radius 3 is 1.83 bits per heavy atom. The molecule has 6 nitrogen and oxygen atoms in total. The van der Waals surface area contributed by atoms with E-state index in [0.29, 0.717) is 22.9 Å². The van der Waals surface area contributed by atoms with Gasteiger partial charge in [0.1, 0.15) is 22.9 Å². The first-order chi connectivity index (χ1) is 8.69. The van der Waals surface area contributed by atoms with Crippen LogP contribution in [0.1, 0.15) is 0 Å². The molecule has 0 aliphatic rings. The number of anilines is 1. The first-order valence-electron chi connectivity index (χ1n) is 5.48. The highest BCUT2D eigenvalue weighted by Crippen LogP contribution is 2.39.